The number of methoxy groups -OCH3 is 1. The maximum Gasteiger partial charge on any atom is 0.338 e. The molecule has 0 aromatic carbocycles. The maximum absolute atomic E-state index is 13.2. The molecule has 160 valence electrons. The van der Waals surface area contributed by atoms with Crippen LogP contribution >= 0.6 is 11.3 Å². The van der Waals surface area contributed by atoms with E-state index in [0.717, 1.165) is 15.9 Å². The predicted octanol–water partition coefficient (Wildman–Crippen LogP) is 0.736. The van der Waals surface area contributed by atoms with Crippen LogP contribution in [0.3, 0.4) is 0 Å². The molecule has 0 aliphatic carbocycles. The van der Waals surface area contributed by atoms with Crippen LogP contribution in [0.5, 0.6) is 0 Å². The Morgan fingerprint density at radius 3 is 2.55 bits per heavy atom. The standard InChI is InChI=1S/C21H18N2O7S/c1-3-28-21(26)15-14(12-7-5-9-30-12)16(20(25)27-2)19-23(17(15)22)18(24)13(31-19)10-11-6-4-8-29-11/h4-10,14H,3,22H2,1-2H3/b13-10-/t14-/m0/s1. The van der Waals surface area contributed by atoms with Crippen molar-refractivity contribution in [3.63, 3.8) is 0 Å². The minimum Gasteiger partial charge on any atom is -0.468 e. The van der Waals surface area contributed by atoms with Gasteiger partial charge in [0.1, 0.15) is 22.0 Å². The van der Waals surface area contributed by atoms with Crippen LogP contribution in [0.25, 0.3) is 17.5 Å². The van der Waals surface area contributed by atoms with E-state index < -0.39 is 23.4 Å². The summed E-state index contributed by atoms with van der Waals surface area (Å²) in [6.45, 7) is 1.72. The summed E-state index contributed by atoms with van der Waals surface area (Å²) < 4.78 is 22.6. The van der Waals surface area contributed by atoms with Gasteiger partial charge in [-0.25, -0.2) is 9.59 Å². The molecule has 0 radical (unpaired) electrons. The van der Waals surface area contributed by atoms with Gasteiger partial charge >= 0.3 is 11.9 Å². The lowest BCUT2D eigenvalue weighted by Crippen LogP contribution is -2.41. The molecule has 0 unspecified atom stereocenters. The molecule has 10 heteroatoms. The summed E-state index contributed by atoms with van der Waals surface area (Å²) in [6.07, 6.45) is 4.42. The highest BCUT2D eigenvalue weighted by atomic mass is 32.1. The van der Waals surface area contributed by atoms with E-state index in [4.69, 9.17) is 24.0 Å². The summed E-state index contributed by atoms with van der Waals surface area (Å²) in [7, 11) is 1.21. The van der Waals surface area contributed by atoms with Crippen LogP contribution in [-0.2, 0) is 19.1 Å². The molecule has 1 aliphatic rings. The molecule has 3 aromatic rings. The van der Waals surface area contributed by atoms with E-state index in [1.165, 1.54) is 25.7 Å². The lowest BCUT2D eigenvalue weighted by molar-refractivity contribution is -0.138. The number of carbonyl (C=O) groups is 2. The number of nitrogens with two attached hydrogens (primary N) is 1. The fourth-order valence-corrected chi connectivity index (χ4v) is 4.55. The van der Waals surface area contributed by atoms with Crippen LogP contribution in [0.15, 0.2) is 56.0 Å². The fraction of sp³-hybridized carbons (Fsp3) is 0.190. The first-order chi connectivity index (χ1) is 15.0. The van der Waals surface area contributed by atoms with Gasteiger partial charge in [-0.2, -0.15) is 0 Å². The molecule has 9 nitrogen and oxygen atoms in total. The summed E-state index contributed by atoms with van der Waals surface area (Å²) in [5.74, 6) is -1.89. The van der Waals surface area contributed by atoms with E-state index in [9.17, 15) is 14.4 Å². The van der Waals surface area contributed by atoms with E-state index in [2.05, 4.69) is 0 Å². The average Bonchev–Trinajstić information content (AvgIpc) is 3.50. The zero-order valence-corrected chi connectivity index (χ0v) is 17.4. The largest absolute Gasteiger partial charge is 0.468 e. The second-order valence-electron chi connectivity index (χ2n) is 6.44. The number of esters is 2. The van der Waals surface area contributed by atoms with E-state index in [-0.39, 0.29) is 38.5 Å². The molecule has 0 amide bonds. The summed E-state index contributed by atoms with van der Waals surface area (Å²) in [5.41, 5.74) is 5.79. The van der Waals surface area contributed by atoms with Crippen molar-refractivity contribution in [2.24, 2.45) is 5.73 Å². The summed E-state index contributed by atoms with van der Waals surface area (Å²) in [5, 5.41) is 0. The third-order valence-electron chi connectivity index (χ3n) is 4.69. The van der Waals surface area contributed by atoms with Crippen LogP contribution in [-0.4, -0.2) is 30.2 Å². The van der Waals surface area contributed by atoms with Crippen molar-refractivity contribution in [3.05, 3.63) is 73.4 Å². The maximum atomic E-state index is 13.2. The Hall–Kier alpha value is -3.79. The molecular formula is C21H18N2O7S. The van der Waals surface area contributed by atoms with Gasteiger partial charge in [-0.1, -0.05) is 0 Å². The summed E-state index contributed by atoms with van der Waals surface area (Å²) in [6, 6.07) is 6.60. The highest BCUT2D eigenvalue weighted by molar-refractivity contribution is 7.07. The molecule has 1 atom stereocenters. The number of fused-ring (bicyclic) bond motifs is 1. The van der Waals surface area contributed by atoms with E-state index in [1.54, 1.807) is 31.2 Å². The first-order valence-corrected chi connectivity index (χ1v) is 10.1. The van der Waals surface area contributed by atoms with Crippen LogP contribution in [0.2, 0.25) is 0 Å². The van der Waals surface area contributed by atoms with Crippen LogP contribution in [0, 0.1) is 0 Å². The van der Waals surface area contributed by atoms with Crippen molar-refractivity contribution in [1.82, 2.24) is 4.57 Å². The van der Waals surface area contributed by atoms with E-state index in [1.807, 2.05) is 0 Å². The molecule has 0 spiro atoms. The van der Waals surface area contributed by atoms with Crippen LogP contribution < -0.4 is 20.5 Å². The third-order valence-corrected chi connectivity index (χ3v) is 5.80. The number of hydrogen-bond donors (Lipinski definition) is 1. The van der Waals surface area contributed by atoms with Gasteiger partial charge in [0.15, 0.2) is 0 Å². The molecule has 4 heterocycles. The number of hydrogen-bond acceptors (Lipinski definition) is 9. The van der Waals surface area contributed by atoms with Gasteiger partial charge in [-0.05, 0) is 31.2 Å². The molecule has 4 rings (SSSR count). The van der Waals surface area contributed by atoms with Gasteiger partial charge in [0.2, 0.25) is 0 Å². The number of aromatic nitrogens is 1. The van der Waals surface area contributed by atoms with Gasteiger partial charge < -0.3 is 24.0 Å². The zero-order chi connectivity index (χ0) is 22.1. The molecule has 0 fully saturated rings. The molecule has 0 bridgehead atoms. The SMILES string of the molecule is CCOC(=O)C1=C(N)n2c(s/c(=C\c3ccco3)c2=O)=C(C(=O)OC)[C@H]1c1ccco1. The molecular weight excluding hydrogens is 424 g/mol. The number of ether oxygens (including phenoxy) is 2. The molecule has 3 aromatic heterocycles. The highest BCUT2D eigenvalue weighted by Crippen LogP contribution is 2.37. The minimum atomic E-state index is -1.00. The Kier molecular flexibility index (Phi) is 5.38. The van der Waals surface area contributed by atoms with E-state index >= 15 is 0 Å². The topological polar surface area (TPSA) is 127 Å². The van der Waals surface area contributed by atoms with Gasteiger partial charge in [0, 0.05) is 6.08 Å². The zero-order valence-electron chi connectivity index (χ0n) is 16.6. The molecule has 0 saturated heterocycles. The molecule has 0 saturated carbocycles. The summed E-state index contributed by atoms with van der Waals surface area (Å²) in [4.78, 5) is 38.9. The number of furan rings is 2. The Labute approximate surface area is 179 Å². The van der Waals surface area contributed by atoms with E-state index in [0.29, 0.717) is 5.76 Å². The van der Waals surface area contributed by atoms with Crippen molar-refractivity contribution >= 4 is 40.7 Å². The van der Waals surface area contributed by atoms with Crippen molar-refractivity contribution in [2.75, 3.05) is 13.7 Å². The molecule has 1 aliphatic heterocycles. The quantitative estimate of drug-likeness (QED) is 0.573. The molecule has 2 N–H and O–H groups in total. The Bertz CT molecular complexity index is 1340. The predicted molar refractivity (Wildman–Crippen MR) is 111 cm³/mol. The first kappa shape index (κ1) is 20.5. The normalized spacial score (nSPS) is 16.4. The van der Waals surface area contributed by atoms with Crippen molar-refractivity contribution in [2.45, 2.75) is 12.8 Å². The average molecular weight is 442 g/mol. The number of nitrogens with zero attached hydrogens (tertiary/aromatic N) is 1. The van der Waals surface area contributed by atoms with Crippen molar-refractivity contribution < 1.29 is 27.9 Å². The summed E-state index contributed by atoms with van der Waals surface area (Å²) >= 11 is 1.03. The second-order valence-corrected chi connectivity index (χ2v) is 7.48. The Morgan fingerprint density at radius 2 is 1.94 bits per heavy atom. The van der Waals surface area contributed by atoms with Crippen LogP contribution in [0.4, 0.5) is 0 Å². The third kappa shape index (κ3) is 3.40. The van der Waals surface area contributed by atoms with Crippen molar-refractivity contribution in [3.8, 4) is 0 Å². The number of rotatable bonds is 5. The van der Waals surface area contributed by atoms with Crippen LogP contribution in [0.1, 0.15) is 24.4 Å². The first-order valence-electron chi connectivity index (χ1n) is 9.28. The number of thiazole rings is 1. The van der Waals surface area contributed by atoms with Gasteiger partial charge in [-0.3, -0.25) is 9.36 Å². The van der Waals surface area contributed by atoms with Gasteiger partial charge in [0.05, 0.1) is 47.8 Å². The lowest BCUT2D eigenvalue weighted by atomic mass is 9.87. The smallest absolute Gasteiger partial charge is 0.338 e. The Balaban J connectivity index is 2.12. The second kappa shape index (κ2) is 8.15. The monoisotopic (exact) mass is 442 g/mol. The minimum absolute atomic E-state index is 0.0518. The Morgan fingerprint density at radius 1 is 1.19 bits per heavy atom. The highest BCUT2D eigenvalue weighted by Gasteiger charge is 2.41. The number of carbonyl (C=O) groups excluding carboxylic acids is 2. The van der Waals surface area contributed by atoms with Gasteiger partial charge in [0.25, 0.3) is 5.56 Å². The molecule has 31 heavy (non-hydrogen) atoms. The van der Waals surface area contributed by atoms with Gasteiger partial charge in [-0.15, -0.1) is 11.3 Å². The lowest BCUT2D eigenvalue weighted by Gasteiger charge is -2.25. The van der Waals surface area contributed by atoms with Crippen molar-refractivity contribution in [1.29, 1.82) is 0 Å². The fourth-order valence-electron chi connectivity index (χ4n) is 3.41.